The van der Waals surface area contributed by atoms with E-state index in [1.54, 1.807) is 12.4 Å². The normalized spacial score (nSPS) is 19.5. The second-order valence-corrected chi connectivity index (χ2v) is 18.4. The van der Waals surface area contributed by atoms with Gasteiger partial charge in [-0.1, -0.05) is 47.7 Å². The van der Waals surface area contributed by atoms with Crippen LogP contribution in [0.4, 0.5) is 4.39 Å². The predicted octanol–water partition coefficient (Wildman–Crippen LogP) is 7.20. The number of Topliss-reactive ketones (excluding diaryl/α,β-unsaturated/α-hetero) is 1. The summed E-state index contributed by atoms with van der Waals surface area (Å²) in [6.07, 6.45) is 3.92. The first-order valence-electron chi connectivity index (χ1n) is 13.2. The fourth-order valence-electron chi connectivity index (χ4n) is 5.58. The summed E-state index contributed by atoms with van der Waals surface area (Å²) >= 11 is 3.37. The summed E-state index contributed by atoms with van der Waals surface area (Å²) < 4.78 is 26.0. The molecule has 2 aliphatic rings. The molecule has 0 saturated heterocycles. The minimum Gasteiger partial charge on any atom is -0.361 e. The Balaban J connectivity index is 1.36. The number of aromatic nitrogens is 4. The van der Waals surface area contributed by atoms with Crippen LogP contribution in [0.1, 0.15) is 63.6 Å². The van der Waals surface area contributed by atoms with Gasteiger partial charge in [-0.25, -0.2) is 9.37 Å². The maximum absolute atomic E-state index is 15.4. The highest BCUT2D eigenvalue weighted by molar-refractivity contribution is 9.10. The molecule has 0 aliphatic heterocycles. The highest BCUT2D eigenvalue weighted by atomic mass is 79.9. The molecule has 4 aromatic rings. The molecule has 0 radical (unpaired) electrons. The zero-order valence-corrected chi connectivity index (χ0v) is 24.8. The molecule has 6 rings (SSSR count). The molecular weight excluding hydrogens is 563 g/mol. The molecule has 2 aromatic carbocycles. The van der Waals surface area contributed by atoms with Crippen LogP contribution < -0.4 is 0 Å². The van der Waals surface area contributed by atoms with Gasteiger partial charge in [0.15, 0.2) is 5.78 Å². The third-order valence-electron chi connectivity index (χ3n) is 7.78. The maximum atomic E-state index is 15.4. The molecule has 1 fully saturated rings. The lowest BCUT2D eigenvalue weighted by Gasteiger charge is -2.22. The summed E-state index contributed by atoms with van der Waals surface area (Å²) in [5.41, 5.74) is 5.39. The van der Waals surface area contributed by atoms with Crippen LogP contribution in [0, 0.1) is 12.7 Å². The van der Waals surface area contributed by atoms with Crippen molar-refractivity contribution in [2.75, 3.05) is 6.61 Å². The zero-order chi connectivity index (χ0) is 26.8. The lowest BCUT2D eigenvalue weighted by Crippen LogP contribution is -2.21. The van der Waals surface area contributed by atoms with Crippen LogP contribution in [-0.2, 0) is 11.5 Å². The Morgan fingerprint density at radius 3 is 2.63 bits per heavy atom. The molecule has 0 bridgehead atoms. The van der Waals surface area contributed by atoms with E-state index in [0.717, 1.165) is 53.3 Å². The van der Waals surface area contributed by atoms with Crippen molar-refractivity contribution in [1.29, 1.82) is 0 Å². The van der Waals surface area contributed by atoms with Crippen molar-refractivity contribution in [2.24, 2.45) is 0 Å². The Labute approximate surface area is 231 Å². The van der Waals surface area contributed by atoms with Crippen molar-refractivity contribution in [2.45, 2.75) is 70.1 Å². The molecule has 38 heavy (non-hydrogen) atoms. The molecule has 6 nitrogen and oxygen atoms in total. The molecule has 2 aromatic heterocycles. The number of hydrogen-bond donors (Lipinski definition) is 0. The molecule has 2 heterocycles. The van der Waals surface area contributed by atoms with Crippen molar-refractivity contribution < 1.29 is 13.9 Å². The number of carbonyl (C=O) groups is 1. The molecule has 0 N–H and O–H groups in total. The lowest BCUT2D eigenvalue weighted by molar-refractivity contribution is 0.0898. The van der Waals surface area contributed by atoms with Crippen LogP contribution in [-0.4, -0.2) is 39.8 Å². The molecule has 0 amide bonds. The SMILES string of the molecule is Cc1c2c(nn1C1CC1)C(=O)C(c1ccc3c(c1)ncn3COCC[Si](C)(C)C)C2c1ccc(Br)cc1F. The minimum absolute atomic E-state index is 0.0525. The molecule has 1 saturated carbocycles. The van der Waals surface area contributed by atoms with Crippen LogP contribution in [0.5, 0.6) is 0 Å². The summed E-state index contributed by atoms with van der Waals surface area (Å²) in [6.45, 7) is 10.2. The fraction of sp³-hybridized carbons (Fsp3) is 0.414. The number of imidazole rings is 1. The molecule has 2 atom stereocenters. The summed E-state index contributed by atoms with van der Waals surface area (Å²) in [5.74, 6) is -1.38. The zero-order valence-electron chi connectivity index (χ0n) is 22.2. The second-order valence-electron chi connectivity index (χ2n) is 11.8. The van der Waals surface area contributed by atoms with E-state index < -0.39 is 19.9 Å². The number of carbonyl (C=O) groups excluding carboxylic acids is 1. The standard InChI is InChI=1S/C29H32BrFN4O2Si/c1-17-25-27(21-9-6-19(30)14-22(21)31)26(29(36)28(25)33-35(17)20-7-8-20)18-5-10-24-23(13-18)32-15-34(24)16-37-11-12-38(2,3)4/h5-6,9-10,13-15,20,26-27H,7-8,11-12,16H2,1-4H3. The Hall–Kier alpha value is -2.62. The van der Waals surface area contributed by atoms with Gasteiger partial charge in [0.2, 0.25) is 0 Å². The molecule has 198 valence electrons. The van der Waals surface area contributed by atoms with E-state index in [9.17, 15) is 4.79 Å². The van der Waals surface area contributed by atoms with E-state index in [1.807, 2.05) is 40.4 Å². The van der Waals surface area contributed by atoms with Crippen LogP contribution in [0.2, 0.25) is 25.7 Å². The van der Waals surface area contributed by atoms with E-state index in [-0.39, 0.29) is 11.6 Å². The number of nitrogens with zero attached hydrogens (tertiary/aromatic N) is 4. The number of fused-ring (bicyclic) bond motifs is 2. The number of rotatable bonds is 8. The monoisotopic (exact) mass is 594 g/mol. The van der Waals surface area contributed by atoms with Crippen molar-refractivity contribution in [3.05, 3.63) is 81.1 Å². The Bertz CT molecular complexity index is 1550. The first-order valence-corrected chi connectivity index (χ1v) is 17.7. The largest absolute Gasteiger partial charge is 0.361 e. The Kier molecular flexibility index (Phi) is 6.43. The van der Waals surface area contributed by atoms with Crippen LogP contribution in [0.3, 0.4) is 0 Å². The maximum Gasteiger partial charge on any atom is 0.191 e. The number of benzene rings is 2. The third kappa shape index (κ3) is 4.58. The molecule has 0 spiro atoms. The first kappa shape index (κ1) is 25.6. The van der Waals surface area contributed by atoms with Crippen LogP contribution in [0.15, 0.2) is 47.2 Å². The number of halogens is 2. The molecular formula is C29H32BrFN4O2Si. The summed E-state index contributed by atoms with van der Waals surface area (Å²) in [5, 5.41) is 4.76. The first-order chi connectivity index (χ1) is 18.1. The summed E-state index contributed by atoms with van der Waals surface area (Å²) in [4.78, 5) is 18.5. The number of hydrogen-bond acceptors (Lipinski definition) is 4. The number of ether oxygens (including phenoxy) is 1. The van der Waals surface area contributed by atoms with Gasteiger partial charge in [0.25, 0.3) is 0 Å². The van der Waals surface area contributed by atoms with E-state index in [4.69, 9.17) is 9.84 Å². The van der Waals surface area contributed by atoms with Crippen molar-refractivity contribution in [3.8, 4) is 0 Å². The topological polar surface area (TPSA) is 61.9 Å². The average Bonchev–Trinajstić information content (AvgIpc) is 3.44. The van der Waals surface area contributed by atoms with Crippen molar-refractivity contribution in [3.63, 3.8) is 0 Å². The summed E-state index contributed by atoms with van der Waals surface area (Å²) in [6, 6.07) is 12.5. The Morgan fingerprint density at radius 1 is 1.13 bits per heavy atom. The average molecular weight is 596 g/mol. The highest BCUT2D eigenvalue weighted by Crippen LogP contribution is 2.51. The van der Waals surface area contributed by atoms with E-state index >= 15 is 4.39 Å². The van der Waals surface area contributed by atoms with Crippen LogP contribution >= 0.6 is 15.9 Å². The fourth-order valence-corrected chi connectivity index (χ4v) is 6.67. The van der Waals surface area contributed by atoms with Gasteiger partial charge in [0.05, 0.1) is 29.3 Å². The molecule has 2 aliphatic carbocycles. The van der Waals surface area contributed by atoms with E-state index in [1.165, 1.54) is 6.07 Å². The quantitative estimate of drug-likeness (QED) is 0.160. The third-order valence-corrected chi connectivity index (χ3v) is 9.98. The second kappa shape index (κ2) is 9.53. The van der Waals surface area contributed by atoms with Gasteiger partial charge in [0.1, 0.15) is 18.2 Å². The van der Waals surface area contributed by atoms with Gasteiger partial charge in [-0.2, -0.15) is 5.10 Å². The minimum atomic E-state index is -1.15. The van der Waals surface area contributed by atoms with Crippen LogP contribution in [0.25, 0.3) is 11.0 Å². The van der Waals surface area contributed by atoms with Crippen molar-refractivity contribution >= 4 is 40.8 Å². The van der Waals surface area contributed by atoms with E-state index in [2.05, 4.69) is 40.6 Å². The summed E-state index contributed by atoms with van der Waals surface area (Å²) in [7, 11) is -1.15. The van der Waals surface area contributed by atoms with Gasteiger partial charge >= 0.3 is 0 Å². The predicted molar refractivity (Wildman–Crippen MR) is 152 cm³/mol. The van der Waals surface area contributed by atoms with Gasteiger partial charge in [-0.05, 0) is 61.2 Å². The smallest absolute Gasteiger partial charge is 0.191 e. The molecule has 9 heteroatoms. The van der Waals surface area contributed by atoms with Crippen molar-refractivity contribution in [1.82, 2.24) is 19.3 Å². The Morgan fingerprint density at radius 2 is 1.92 bits per heavy atom. The van der Waals surface area contributed by atoms with Gasteiger partial charge in [-0.3, -0.25) is 9.48 Å². The van der Waals surface area contributed by atoms with Gasteiger partial charge < -0.3 is 9.30 Å². The lowest BCUT2D eigenvalue weighted by atomic mass is 9.80. The van der Waals surface area contributed by atoms with E-state index in [0.29, 0.717) is 28.5 Å². The highest BCUT2D eigenvalue weighted by Gasteiger charge is 2.47. The van der Waals surface area contributed by atoms with Gasteiger partial charge in [0, 0.05) is 36.3 Å². The number of ketones is 1. The molecule has 2 unspecified atom stereocenters. The van der Waals surface area contributed by atoms with Gasteiger partial charge in [-0.15, -0.1) is 0 Å².